The molecule has 19 nitrogen and oxygen atoms in total. The highest BCUT2D eigenvalue weighted by molar-refractivity contribution is 5.95. The lowest BCUT2D eigenvalue weighted by atomic mass is 10.0. The van der Waals surface area contributed by atoms with Crippen molar-refractivity contribution in [3.05, 3.63) is 5.73 Å². The van der Waals surface area contributed by atoms with Gasteiger partial charge in [0.2, 0.25) is 17.7 Å². The lowest BCUT2D eigenvalue weighted by Gasteiger charge is -2.29. The van der Waals surface area contributed by atoms with Crippen LogP contribution in [0.1, 0.15) is 73.1 Å². The zero-order valence-electron chi connectivity index (χ0n) is 27.9. The molecule has 19 heteroatoms. The second-order valence-corrected chi connectivity index (χ2v) is 10.5. The third kappa shape index (κ3) is 25.4. The number of amides is 3. The lowest BCUT2D eigenvalue weighted by Crippen LogP contribution is -2.57. The van der Waals surface area contributed by atoms with Crippen LogP contribution < -0.4 is 38.0 Å². The Morgan fingerprint density at radius 3 is 1.94 bits per heavy atom. The van der Waals surface area contributed by atoms with Crippen LogP contribution in [0.2, 0.25) is 0 Å². The number of rotatable bonds is 14. The minimum Gasteiger partial charge on any atom is -0.678 e. The average molecular weight is 676 g/mol. The number of nitrogens with zero attached hydrogens (tertiary/aromatic N) is 2. The van der Waals surface area contributed by atoms with Crippen molar-refractivity contribution in [1.82, 2.24) is 15.5 Å². The van der Waals surface area contributed by atoms with E-state index in [-0.39, 0.29) is 44.2 Å². The van der Waals surface area contributed by atoms with Gasteiger partial charge in [0.1, 0.15) is 18.1 Å². The molecule has 0 spiro atoms. The Kier molecular flexibility index (Phi) is 26.6. The van der Waals surface area contributed by atoms with E-state index in [0.717, 1.165) is 13.8 Å². The summed E-state index contributed by atoms with van der Waals surface area (Å²) in [6.07, 6.45) is 1.20. The van der Waals surface area contributed by atoms with Crippen molar-refractivity contribution in [2.24, 2.45) is 28.1 Å². The van der Waals surface area contributed by atoms with Gasteiger partial charge in [-0.15, -0.1) is 0 Å². The molecule has 0 unspecified atom stereocenters. The van der Waals surface area contributed by atoms with Crippen LogP contribution in [-0.2, 0) is 38.3 Å². The van der Waals surface area contributed by atoms with E-state index in [9.17, 15) is 29.1 Å². The van der Waals surface area contributed by atoms with Crippen molar-refractivity contribution in [3.63, 3.8) is 0 Å². The van der Waals surface area contributed by atoms with E-state index < -0.39 is 65.8 Å². The molecule has 0 aromatic heterocycles. The first-order chi connectivity index (χ1) is 21.7. The van der Waals surface area contributed by atoms with Crippen LogP contribution >= 0.6 is 0 Å². The molecule has 4 atom stereocenters. The third-order valence-corrected chi connectivity index (χ3v) is 5.67. The maximum atomic E-state index is 13.3. The zero-order valence-corrected chi connectivity index (χ0v) is 27.9. The molecule has 1 heterocycles. The normalized spacial score (nSPS) is 14.9. The fraction of sp³-hybridized carbons (Fsp3) is 0.714. The van der Waals surface area contributed by atoms with Crippen LogP contribution in [0.25, 0.3) is 5.73 Å². The molecule has 0 radical (unpaired) electrons. The van der Waals surface area contributed by atoms with Gasteiger partial charge in [0.15, 0.2) is 5.96 Å². The minimum atomic E-state index is -1.22. The first-order valence-corrected chi connectivity index (χ1v) is 14.8. The number of ether oxygens (including phenoxy) is 1. The summed E-state index contributed by atoms with van der Waals surface area (Å²) in [5, 5.41) is 32.5. The molecule has 1 rings (SSSR count). The lowest BCUT2D eigenvalue weighted by molar-refractivity contribution is -0.303. The Balaban J connectivity index is -0.00000152. The average Bonchev–Trinajstić information content (AvgIpc) is 3.43. The monoisotopic (exact) mass is 675 g/mol. The molecule has 0 aliphatic carbocycles. The van der Waals surface area contributed by atoms with Crippen LogP contribution in [0.4, 0.5) is 0 Å². The quantitative estimate of drug-likeness (QED) is 0.0452. The van der Waals surface area contributed by atoms with Gasteiger partial charge < -0.3 is 68.1 Å². The second kappa shape index (κ2) is 26.7. The molecule has 0 aromatic carbocycles. The molecule has 1 saturated heterocycles. The molecule has 3 amide bonds. The molecule has 0 saturated carbocycles. The zero-order chi connectivity index (χ0) is 37.3. The molecule has 10 N–H and O–H groups in total. The highest BCUT2D eigenvalue weighted by Crippen LogP contribution is 2.20. The largest absolute Gasteiger partial charge is 0.678 e. The van der Waals surface area contributed by atoms with Crippen molar-refractivity contribution >= 4 is 47.6 Å². The number of aliphatic carboxylic acids is 3. The Morgan fingerprint density at radius 2 is 1.51 bits per heavy atom. The number of carboxylic acid groups (broad SMARTS) is 3. The molecule has 47 heavy (non-hydrogen) atoms. The molecule has 1 fully saturated rings. The van der Waals surface area contributed by atoms with Crippen molar-refractivity contribution < 1.29 is 53.6 Å². The Hall–Kier alpha value is -4.52. The first-order valence-electron chi connectivity index (χ1n) is 14.8. The van der Waals surface area contributed by atoms with E-state index in [1.54, 1.807) is 6.92 Å². The first kappa shape index (κ1) is 46.9. The second-order valence-electron chi connectivity index (χ2n) is 10.5. The summed E-state index contributed by atoms with van der Waals surface area (Å²) >= 11 is 0. The molecule has 1 aliphatic rings. The van der Waals surface area contributed by atoms with Gasteiger partial charge >= 0.3 is 11.9 Å². The molecule has 1 aliphatic heterocycles. The number of aliphatic imine (C=N–C) groups is 1. The maximum Gasteiger partial charge on any atom is 0.326 e. The van der Waals surface area contributed by atoms with Crippen molar-refractivity contribution in [2.75, 3.05) is 26.7 Å². The van der Waals surface area contributed by atoms with E-state index in [2.05, 4.69) is 20.4 Å². The van der Waals surface area contributed by atoms with Gasteiger partial charge in [0.25, 0.3) is 0 Å². The highest BCUT2D eigenvalue weighted by atomic mass is 16.5. The van der Waals surface area contributed by atoms with Gasteiger partial charge in [-0.2, -0.15) is 6.54 Å². The van der Waals surface area contributed by atoms with E-state index in [4.69, 9.17) is 42.7 Å². The summed E-state index contributed by atoms with van der Waals surface area (Å²) in [6.45, 7) is 8.39. The van der Waals surface area contributed by atoms with E-state index >= 15 is 0 Å². The van der Waals surface area contributed by atoms with Crippen LogP contribution in [-0.4, -0.2) is 108 Å². The third-order valence-electron chi connectivity index (χ3n) is 5.67. The number of guanidine groups is 1. The van der Waals surface area contributed by atoms with Crippen molar-refractivity contribution in [1.29, 1.82) is 0 Å². The summed E-state index contributed by atoms with van der Waals surface area (Å²) in [7, 11) is 1.17. The molecule has 0 bridgehead atoms. The van der Waals surface area contributed by atoms with Gasteiger partial charge in [0, 0.05) is 25.0 Å². The number of hydrogen-bond donors (Lipinski definition) is 6. The van der Waals surface area contributed by atoms with E-state index in [1.165, 1.54) is 12.0 Å². The van der Waals surface area contributed by atoms with Crippen molar-refractivity contribution in [3.8, 4) is 0 Å². The van der Waals surface area contributed by atoms with Crippen LogP contribution in [0.3, 0.4) is 0 Å². The number of nitrogens with two attached hydrogens (primary N) is 3. The number of carbonyl (C=O) groups excluding carboxylic acids is 6. The minimum absolute atomic E-state index is 0.0103. The van der Waals surface area contributed by atoms with Gasteiger partial charge in [-0.05, 0) is 51.9 Å². The fourth-order valence-electron chi connectivity index (χ4n) is 3.86. The van der Waals surface area contributed by atoms with E-state index in [0.29, 0.717) is 25.8 Å². The molecular formula is C28H51N8O11-3. The van der Waals surface area contributed by atoms with Gasteiger partial charge in [-0.3, -0.25) is 24.2 Å². The van der Waals surface area contributed by atoms with Gasteiger partial charge in [0.05, 0.1) is 19.6 Å². The standard InChI is InChI=1S/C22H39N7O7.C2H6N.2C2H4O2/c1-12(2)10-15(28-18(31)13(23)11-17(30)36-3)19(32)27-14(6-4-8-26-22(24)25)20(33)29-9-5-7-16(29)21(34)35;1-2-3;2*1-2(3)4/h12-16H,4-11,23H2,1-3H3,(H,27,32)(H,28,31)(H,34,35)(H4,24,25,26);3H,2H2,1H3;2*1H3,(H,3,4)/q;-1;;/p-2/t13-,14-,15-,16-;;;/m0.../s1. The Morgan fingerprint density at radius 1 is 1.02 bits per heavy atom. The smallest absolute Gasteiger partial charge is 0.326 e. The summed E-state index contributed by atoms with van der Waals surface area (Å²) in [5.41, 5.74) is 22.6. The summed E-state index contributed by atoms with van der Waals surface area (Å²) in [6, 6.07) is -4.29. The predicted molar refractivity (Wildman–Crippen MR) is 166 cm³/mol. The number of likely N-dealkylation sites (tertiary alicyclic amines) is 1. The Labute approximate surface area is 274 Å². The van der Waals surface area contributed by atoms with Crippen LogP contribution in [0.5, 0.6) is 0 Å². The van der Waals surface area contributed by atoms with Crippen molar-refractivity contribution in [2.45, 2.75) is 97.3 Å². The number of carbonyl (C=O) groups is 7. The molecular weight excluding hydrogens is 624 g/mol. The maximum absolute atomic E-state index is 13.3. The van der Waals surface area contributed by atoms with Gasteiger partial charge in [-0.25, -0.2) is 4.79 Å². The number of nitrogens with one attached hydrogen (secondary N) is 3. The number of hydrogen-bond acceptors (Lipinski definition) is 12. The van der Waals surface area contributed by atoms with Gasteiger partial charge in [-0.1, -0.05) is 20.8 Å². The number of esters is 1. The molecule has 0 aromatic rings. The molecule has 272 valence electrons. The fourth-order valence-corrected chi connectivity index (χ4v) is 3.86. The summed E-state index contributed by atoms with van der Waals surface area (Å²) < 4.78 is 4.52. The van der Waals surface area contributed by atoms with E-state index in [1.807, 2.05) is 13.8 Å². The number of carboxylic acids is 3. The SMILES string of the molecule is CC(=O)[O-].CC(=O)[O-].CC[NH-].COC(=O)C[C@H](N)C(=O)N[C@@H](CC(C)C)C(=O)N[C@@H](CCCN=C(N)N)C(=O)N1CCC[C@H]1C(=O)O. The highest BCUT2D eigenvalue weighted by Gasteiger charge is 2.38. The summed E-state index contributed by atoms with van der Waals surface area (Å²) in [5.74, 6) is -5.96. The topological polar surface area (TPSA) is 337 Å². The summed E-state index contributed by atoms with van der Waals surface area (Å²) in [4.78, 5) is 84.9. The predicted octanol–water partition coefficient (Wildman–Crippen LogP) is -3.41. The number of methoxy groups -OCH3 is 1. The van der Waals surface area contributed by atoms with Crippen LogP contribution in [0.15, 0.2) is 4.99 Å². The Bertz CT molecular complexity index is 1020. The van der Waals surface area contributed by atoms with Crippen LogP contribution in [0, 0.1) is 5.92 Å².